The molecule has 2 N–H and O–H groups in total. The Bertz CT molecular complexity index is 69.3. The number of hydrogen-bond donors (Lipinski definition) is 1. The van der Waals surface area contributed by atoms with E-state index in [1.54, 1.807) is 0 Å². The van der Waals surface area contributed by atoms with Gasteiger partial charge in [-0.05, 0) is 6.42 Å². The molecule has 0 saturated heterocycles. The van der Waals surface area contributed by atoms with Gasteiger partial charge in [-0.1, -0.05) is 26.2 Å². The van der Waals surface area contributed by atoms with Gasteiger partial charge in [-0.2, -0.15) is 0 Å². The molecule has 0 aliphatic rings. The predicted molar refractivity (Wildman–Crippen MR) is 41.7 cm³/mol. The molecule has 0 aliphatic carbocycles. The van der Waals surface area contributed by atoms with Crippen LogP contribution in [0.5, 0.6) is 0 Å². The molecule has 2 nitrogen and oxygen atoms in total. The summed E-state index contributed by atoms with van der Waals surface area (Å²) >= 11 is 0. The van der Waals surface area contributed by atoms with Gasteiger partial charge in [-0.3, -0.25) is 4.99 Å². The van der Waals surface area contributed by atoms with Crippen molar-refractivity contribution < 1.29 is 0 Å². The fourth-order valence-corrected chi connectivity index (χ4v) is 0.704. The largest absolute Gasteiger partial charge is 0.390 e. The molecule has 54 valence electrons. The first-order valence-electron chi connectivity index (χ1n) is 3.61. The van der Waals surface area contributed by atoms with Crippen LogP contribution in [-0.4, -0.2) is 12.9 Å². The van der Waals surface area contributed by atoms with Gasteiger partial charge in [0.05, 0.1) is 6.34 Å². The van der Waals surface area contributed by atoms with Gasteiger partial charge < -0.3 is 5.73 Å². The first kappa shape index (κ1) is 8.47. The molecular weight excluding hydrogens is 112 g/mol. The summed E-state index contributed by atoms with van der Waals surface area (Å²) in [6.45, 7) is 3.10. The fraction of sp³-hybridized carbons (Fsp3) is 0.857. The topological polar surface area (TPSA) is 38.4 Å². The van der Waals surface area contributed by atoms with Crippen LogP contribution >= 0.6 is 0 Å². The second kappa shape index (κ2) is 7.47. The van der Waals surface area contributed by atoms with E-state index in [0.717, 1.165) is 6.54 Å². The van der Waals surface area contributed by atoms with Crippen molar-refractivity contribution in [2.24, 2.45) is 10.7 Å². The number of unbranched alkanes of at least 4 members (excludes halogenated alkanes) is 3. The highest BCUT2D eigenvalue weighted by molar-refractivity contribution is 5.50. The third-order valence-corrected chi connectivity index (χ3v) is 1.25. The normalized spacial score (nSPS) is 10.8. The molecule has 0 unspecified atom stereocenters. The van der Waals surface area contributed by atoms with Crippen molar-refractivity contribution >= 4 is 6.34 Å². The van der Waals surface area contributed by atoms with E-state index in [2.05, 4.69) is 11.9 Å². The lowest BCUT2D eigenvalue weighted by Crippen LogP contribution is -1.90. The smallest absolute Gasteiger partial charge is 0.0797 e. The van der Waals surface area contributed by atoms with Gasteiger partial charge in [0, 0.05) is 6.54 Å². The van der Waals surface area contributed by atoms with E-state index in [1.165, 1.54) is 32.0 Å². The molecule has 0 aromatic heterocycles. The van der Waals surface area contributed by atoms with Crippen molar-refractivity contribution in [3.63, 3.8) is 0 Å². The van der Waals surface area contributed by atoms with E-state index < -0.39 is 0 Å². The summed E-state index contributed by atoms with van der Waals surface area (Å²) in [6, 6.07) is 0. The predicted octanol–water partition coefficient (Wildman–Crippen LogP) is 1.55. The lowest BCUT2D eigenvalue weighted by Gasteiger charge is -1.92. The Morgan fingerprint density at radius 2 is 2.11 bits per heavy atom. The standard InChI is InChI=1S/C7H16N2/c1-2-3-4-5-6-9-7-8/h7H,2-6H2,1H3,(H2,8,9). The zero-order chi connectivity index (χ0) is 6.95. The Labute approximate surface area is 57.2 Å². The molecule has 0 heterocycles. The Morgan fingerprint density at radius 3 is 2.67 bits per heavy atom. The highest BCUT2D eigenvalue weighted by Gasteiger charge is 1.82. The summed E-state index contributed by atoms with van der Waals surface area (Å²) in [7, 11) is 0. The lowest BCUT2D eigenvalue weighted by molar-refractivity contribution is 0.675. The molecule has 2 heteroatoms. The van der Waals surface area contributed by atoms with Gasteiger partial charge in [0.25, 0.3) is 0 Å². The van der Waals surface area contributed by atoms with Crippen molar-refractivity contribution in [3.8, 4) is 0 Å². The van der Waals surface area contributed by atoms with E-state index >= 15 is 0 Å². The number of hydrogen-bond acceptors (Lipinski definition) is 1. The quantitative estimate of drug-likeness (QED) is 0.340. The molecule has 0 aliphatic heterocycles. The van der Waals surface area contributed by atoms with E-state index in [0.29, 0.717) is 0 Å². The first-order chi connectivity index (χ1) is 4.41. The van der Waals surface area contributed by atoms with Crippen LogP contribution in [0.25, 0.3) is 0 Å². The summed E-state index contributed by atoms with van der Waals surface area (Å²) in [5, 5.41) is 0. The van der Waals surface area contributed by atoms with Crippen molar-refractivity contribution in [1.29, 1.82) is 0 Å². The lowest BCUT2D eigenvalue weighted by atomic mass is 10.2. The van der Waals surface area contributed by atoms with E-state index in [4.69, 9.17) is 5.73 Å². The molecule has 0 saturated carbocycles. The van der Waals surface area contributed by atoms with E-state index in [1.807, 2.05) is 0 Å². The third-order valence-electron chi connectivity index (χ3n) is 1.25. The van der Waals surface area contributed by atoms with Gasteiger partial charge in [-0.25, -0.2) is 0 Å². The summed E-state index contributed by atoms with van der Waals surface area (Å²) in [6.07, 6.45) is 6.45. The molecule has 0 fully saturated rings. The van der Waals surface area contributed by atoms with Crippen molar-refractivity contribution in [1.82, 2.24) is 0 Å². The molecule has 0 spiro atoms. The Hall–Kier alpha value is -0.530. The van der Waals surface area contributed by atoms with Gasteiger partial charge >= 0.3 is 0 Å². The monoisotopic (exact) mass is 128 g/mol. The first-order valence-corrected chi connectivity index (χ1v) is 3.61. The highest BCUT2D eigenvalue weighted by Crippen LogP contribution is 1.97. The maximum absolute atomic E-state index is 5.05. The number of rotatable bonds is 5. The van der Waals surface area contributed by atoms with Crippen molar-refractivity contribution in [2.75, 3.05) is 6.54 Å². The zero-order valence-electron chi connectivity index (χ0n) is 6.14. The molecule has 0 amide bonds. The maximum Gasteiger partial charge on any atom is 0.0797 e. The van der Waals surface area contributed by atoms with Crippen molar-refractivity contribution in [2.45, 2.75) is 32.6 Å². The Morgan fingerprint density at radius 1 is 1.33 bits per heavy atom. The van der Waals surface area contributed by atoms with Crippen LogP contribution < -0.4 is 5.73 Å². The van der Waals surface area contributed by atoms with Gasteiger partial charge in [0.2, 0.25) is 0 Å². The maximum atomic E-state index is 5.05. The molecule has 9 heavy (non-hydrogen) atoms. The summed E-state index contributed by atoms with van der Waals surface area (Å²) in [5.41, 5.74) is 5.05. The molecule has 0 rings (SSSR count). The van der Waals surface area contributed by atoms with Crippen LogP contribution in [0.4, 0.5) is 0 Å². The van der Waals surface area contributed by atoms with Crippen LogP contribution in [0.1, 0.15) is 32.6 Å². The van der Waals surface area contributed by atoms with Gasteiger partial charge in [0.15, 0.2) is 0 Å². The minimum absolute atomic E-state index is 0.899. The number of aliphatic imine (C=N–C) groups is 1. The molecular formula is C7H16N2. The molecule has 0 aromatic rings. The molecule has 0 atom stereocenters. The molecule has 0 radical (unpaired) electrons. The van der Waals surface area contributed by atoms with Crippen LogP contribution in [0.2, 0.25) is 0 Å². The molecule has 0 bridgehead atoms. The summed E-state index contributed by atoms with van der Waals surface area (Å²) in [4.78, 5) is 3.90. The van der Waals surface area contributed by atoms with Crippen LogP contribution in [0, 0.1) is 0 Å². The third kappa shape index (κ3) is 7.47. The number of nitrogens with two attached hydrogens (primary N) is 1. The number of nitrogens with zero attached hydrogens (tertiary/aromatic N) is 1. The molecule has 0 aromatic carbocycles. The fourth-order valence-electron chi connectivity index (χ4n) is 0.704. The minimum atomic E-state index is 0.899. The highest BCUT2D eigenvalue weighted by atomic mass is 14.8. The van der Waals surface area contributed by atoms with Crippen LogP contribution in [-0.2, 0) is 0 Å². The van der Waals surface area contributed by atoms with Crippen LogP contribution in [0.15, 0.2) is 4.99 Å². The van der Waals surface area contributed by atoms with Gasteiger partial charge in [0.1, 0.15) is 0 Å². The Balaban J connectivity index is 2.75. The average Bonchev–Trinajstić information content (AvgIpc) is 1.89. The van der Waals surface area contributed by atoms with Crippen LogP contribution in [0.3, 0.4) is 0 Å². The SMILES string of the molecule is CCCCCCN=CN. The van der Waals surface area contributed by atoms with E-state index in [-0.39, 0.29) is 0 Å². The average molecular weight is 128 g/mol. The Kier molecular flexibility index (Phi) is 7.03. The minimum Gasteiger partial charge on any atom is -0.390 e. The van der Waals surface area contributed by atoms with Gasteiger partial charge in [-0.15, -0.1) is 0 Å². The van der Waals surface area contributed by atoms with E-state index in [9.17, 15) is 0 Å². The second-order valence-corrected chi connectivity index (χ2v) is 2.12. The zero-order valence-corrected chi connectivity index (χ0v) is 6.14. The van der Waals surface area contributed by atoms with Crippen molar-refractivity contribution in [3.05, 3.63) is 0 Å². The summed E-state index contributed by atoms with van der Waals surface area (Å²) in [5.74, 6) is 0. The second-order valence-electron chi connectivity index (χ2n) is 2.12. The summed E-state index contributed by atoms with van der Waals surface area (Å²) < 4.78 is 0.